The average molecular weight is 566 g/mol. The van der Waals surface area contributed by atoms with Crippen LogP contribution in [-0.4, -0.2) is 26.2 Å². The summed E-state index contributed by atoms with van der Waals surface area (Å²) in [5.74, 6) is 0. The molecule has 0 heterocycles. The maximum Gasteiger partial charge on any atom is 0.115 e. The minimum absolute atomic E-state index is 0. The van der Waals surface area contributed by atoms with Crippen LogP contribution >= 0.6 is 32.5 Å². The van der Waals surface area contributed by atoms with E-state index < -0.39 is 0 Å². The van der Waals surface area contributed by atoms with Gasteiger partial charge in [-0.25, -0.2) is 2.92 Å². The molecule has 0 aromatic carbocycles. The van der Waals surface area contributed by atoms with Crippen molar-refractivity contribution in [1.82, 2.24) is 0 Å². The fourth-order valence-electron chi connectivity index (χ4n) is 0. The third kappa shape index (κ3) is 20.9. The van der Waals surface area contributed by atoms with Gasteiger partial charge in [-0.1, -0.05) is 0 Å². The van der Waals surface area contributed by atoms with E-state index in [0.29, 0.717) is 0 Å². The molecule has 0 rings (SSSR count). The third-order valence-corrected chi connectivity index (χ3v) is 0. The standard InChI is InChI=1S/Bi.Br2O.Ta/c;1-3-2;. The quantitative estimate of drug-likeness (QED) is 0.402. The minimum atomic E-state index is 0. The van der Waals surface area contributed by atoms with Crippen LogP contribution in [0.5, 0.6) is 0 Å². The zero-order chi connectivity index (χ0) is 2.71. The molecule has 0 aromatic rings. The van der Waals surface area contributed by atoms with Crippen molar-refractivity contribution in [2.24, 2.45) is 0 Å². The summed E-state index contributed by atoms with van der Waals surface area (Å²) in [6, 6.07) is 0. The topological polar surface area (TPSA) is 9.23 Å². The molecule has 0 saturated carbocycles. The van der Waals surface area contributed by atoms with E-state index in [1.54, 1.807) is 0 Å². The number of hydrogen-bond acceptors (Lipinski definition) is 1. The summed E-state index contributed by atoms with van der Waals surface area (Å²) in [6.07, 6.45) is 0. The summed E-state index contributed by atoms with van der Waals surface area (Å²) < 4.78 is 3.88. The summed E-state index contributed by atoms with van der Waals surface area (Å²) in [4.78, 5) is 0. The van der Waals surface area contributed by atoms with E-state index in [9.17, 15) is 0 Å². The van der Waals surface area contributed by atoms with Crippen molar-refractivity contribution in [3.05, 3.63) is 0 Å². The first-order valence-electron chi connectivity index (χ1n) is 0.309. The molecule has 0 atom stereocenters. The smallest absolute Gasteiger partial charge is 0.115 e. The molecule has 0 aliphatic heterocycles. The summed E-state index contributed by atoms with van der Waals surface area (Å²) >= 11 is 5.12. The Morgan fingerprint density at radius 2 is 1.20 bits per heavy atom. The second-order valence-electron chi connectivity index (χ2n) is 0.0583. The zero-order valence-corrected chi connectivity index (χ0v) is 11.9. The fourth-order valence-corrected chi connectivity index (χ4v) is 0. The van der Waals surface area contributed by atoms with Crippen molar-refractivity contribution in [3.8, 4) is 0 Å². The Hall–Kier alpha value is 2.54. The fraction of sp³-hybridized carbons (Fsp3) is 0. The molecule has 5 heavy (non-hydrogen) atoms. The Morgan fingerprint density at radius 1 is 1.20 bits per heavy atom. The number of halogens is 2. The van der Waals surface area contributed by atoms with Crippen LogP contribution < -0.4 is 0 Å². The second kappa shape index (κ2) is 16.0. The SMILES string of the molecule is BrOBr.[Bi].[Ta]. The summed E-state index contributed by atoms with van der Waals surface area (Å²) in [6.45, 7) is 0. The molecular weight excluding hydrogens is 566 g/mol. The van der Waals surface area contributed by atoms with Gasteiger partial charge < -0.3 is 0 Å². The van der Waals surface area contributed by atoms with Gasteiger partial charge in [0, 0.05) is 48.6 Å². The van der Waals surface area contributed by atoms with Crippen LogP contribution in [0.25, 0.3) is 0 Å². The molecule has 0 aliphatic rings. The van der Waals surface area contributed by atoms with Gasteiger partial charge >= 0.3 is 0 Å². The van der Waals surface area contributed by atoms with Crippen molar-refractivity contribution in [1.29, 1.82) is 0 Å². The summed E-state index contributed by atoms with van der Waals surface area (Å²) in [5.41, 5.74) is 0. The Labute approximate surface area is 82.8 Å². The van der Waals surface area contributed by atoms with Gasteiger partial charge in [0.15, 0.2) is 0 Å². The first kappa shape index (κ1) is 15.6. The maximum absolute atomic E-state index is 3.88. The van der Waals surface area contributed by atoms with Crippen LogP contribution in [0.1, 0.15) is 0 Å². The van der Waals surface area contributed by atoms with E-state index in [1.165, 1.54) is 0 Å². The summed E-state index contributed by atoms with van der Waals surface area (Å²) in [7, 11) is 0. The minimum Gasteiger partial charge on any atom is -0.230 e. The molecule has 5 heteroatoms. The third-order valence-electron chi connectivity index (χ3n) is 0. The van der Waals surface area contributed by atoms with Crippen LogP contribution in [0.3, 0.4) is 0 Å². The molecular formula is BiBr2OTa. The van der Waals surface area contributed by atoms with E-state index in [4.69, 9.17) is 0 Å². The van der Waals surface area contributed by atoms with Crippen molar-refractivity contribution < 1.29 is 25.3 Å². The zero-order valence-electron chi connectivity index (χ0n) is 2.06. The first-order valence-corrected chi connectivity index (χ1v) is 1.60. The monoisotopic (exact) mass is 564 g/mol. The van der Waals surface area contributed by atoms with E-state index in [0.717, 1.165) is 0 Å². The van der Waals surface area contributed by atoms with Crippen molar-refractivity contribution in [2.75, 3.05) is 0 Å². The molecule has 0 unspecified atom stereocenters. The van der Waals surface area contributed by atoms with Gasteiger partial charge in [-0.05, 0) is 0 Å². The normalized spacial score (nSPS) is 3.60. The van der Waals surface area contributed by atoms with Crippen LogP contribution in [-0.2, 0) is 25.3 Å². The van der Waals surface area contributed by atoms with Gasteiger partial charge in [-0.2, -0.15) is 0 Å². The van der Waals surface area contributed by atoms with Gasteiger partial charge in [-0.3, -0.25) is 0 Å². The molecule has 0 bridgehead atoms. The Kier molecular flexibility index (Phi) is 50.1. The van der Waals surface area contributed by atoms with Crippen LogP contribution in [0.4, 0.5) is 0 Å². The van der Waals surface area contributed by atoms with Gasteiger partial charge in [0.25, 0.3) is 0 Å². The molecule has 0 spiro atoms. The molecule has 0 N–H and O–H groups in total. The van der Waals surface area contributed by atoms with Crippen molar-refractivity contribution in [3.63, 3.8) is 0 Å². The van der Waals surface area contributed by atoms with Gasteiger partial charge in [0.05, 0.1) is 0 Å². The van der Waals surface area contributed by atoms with E-state index >= 15 is 0 Å². The van der Waals surface area contributed by atoms with Gasteiger partial charge in [-0.15, -0.1) is 0 Å². The van der Waals surface area contributed by atoms with E-state index in [2.05, 4.69) is 35.4 Å². The average Bonchev–Trinajstić information content (AvgIpc) is 0.918. The number of hydrogen-bond donors (Lipinski definition) is 0. The van der Waals surface area contributed by atoms with Crippen LogP contribution in [0.15, 0.2) is 0 Å². The summed E-state index contributed by atoms with van der Waals surface area (Å²) in [5, 5.41) is 0. The van der Waals surface area contributed by atoms with Crippen LogP contribution in [0, 0.1) is 0 Å². The van der Waals surface area contributed by atoms with Gasteiger partial charge in [0.1, 0.15) is 32.5 Å². The predicted molar refractivity (Wildman–Crippen MR) is 24.7 cm³/mol. The molecule has 0 amide bonds. The molecule has 0 saturated heterocycles. The van der Waals surface area contributed by atoms with Crippen LogP contribution in [0.2, 0.25) is 0 Å². The second-order valence-corrected chi connectivity index (χ2v) is 1.57. The predicted octanol–water partition coefficient (Wildman–Crippen LogP) is 1.24. The molecule has 0 aliphatic carbocycles. The Morgan fingerprint density at radius 3 is 1.20 bits per heavy atom. The molecule has 1 nitrogen and oxygen atoms in total. The number of rotatable bonds is 0. The Bertz CT molecular complexity index is 9.61. The molecule has 0 fully saturated rings. The van der Waals surface area contributed by atoms with Crippen molar-refractivity contribution >= 4 is 58.7 Å². The van der Waals surface area contributed by atoms with E-state index in [-0.39, 0.29) is 48.6 Å². The molecule has 4 radical (unpaired) electrons. The van der Waals surface area contributed by atoms with Gasteiger partial charge in [0.2, 0.25) is 0 Å². The largest absolute Gasteiger partial charge is 0.230 e. The van der Waals surface area contributed by atoms with E-state index in [1.807, 2.05) is 0 Å². The first-order chi connectivity index (χ1) is 1.41. The maximum atomic E-state index is 3.88. The van der Waals surface area contributed by atoms with Crippen molar-refractivity contribution in [2.45, 2.75) is 0 Å². The Balaban J connectivity index is -0.0000000200. The molecule has 0 aromatic heterocycles. The molecule has 30 valence electrons.